The van der Waals surface area contributed by atoms with Crippen molar-refractivity contribution in [3.63, 3.8) is 0 Å². The second-order valence-corrected chi connectivity index (χ2v) is 6.87. The molecule has 5 heteroatoms. The van der Waals surface area contributed by atoms with Gasteiger partial charge in [0, 0.05) is 12.1 Å². The van der Waals surface area contributed by atoms with Crippen LogP contribution in [0.2, 0.25) is 0 Å². The van der Waals surface area contributed by atoms with Crippen molar-refractivity contribution < 1.29 is 9.18 Å². The molecule has 0 saturated heterocycles. The number of thiazole rings is 1. The van der Waals surface area contributed by atoms with Crippen LogP contribution in [0.4, 0.5) is 4.39 Å². The number of nitrogens with zero attached hydrogens (tertiary/aromatic N) is 2. The standard InChI is InChI=1S/C19H19FN2OS/c1-4-9-22-16-11-12(2)10-13(3)17(16)24-19(22)21-18(23)14-5-7-15(20)8-6-14/h5-8,10-11H,4,9H2,1-3H3. The molecule has 0 bridgehead atoms. The lowest BCUT2D eigenvalue weighted by atomic mass is 10.1. The minimum absolute atomic E-state index is 0.346. The smallest absolute Gasteiger partial charge is 0.279 e. The summed E-state index contributed by atoms with van der Waals surface area (Å²) in [5.74, 6) is -0.707. The molecule has 0 aliphatic carbocycles. The normalized spacial score (nSPS) is 12.1. The zero-order valence-electron chi connectivity index (χ0n) is 14.0. The monoisotopic (exact) mass is 342 g/mol. The van der Waals surface area contributed by atoms with E-state index < -0.39 is 0 Å². The van der Waals surface area contributed by atoms with E-state index in [1.54, 1.807) is 0 Å². The van der Waals surface area contributed by atoms with E-state index in [2.05, 4.69) is 42.5 Å². The molecule has 0 N–H and O–H groups in total. The molecule has 0 spiro atoms. The van der Waals surface area contributed by atoms with Crippen LogP contribution in [-0.2, 0) is 6.54 Å². The van der Waals surface area contributed by atoms with Gasteiger partial charge >= 0.3 is 0 Å². The number of carbonyl (C=O) groups excluding carboxylic acids is 1. The molecule has 1 aromatic heterocycles. The molecule has 0 radical (unpaired) electrons. The lowest BCUT2D eigenvalue weighted by Crippen LogP contribution is -2.16. The third-order valence-corrected chi connectivity index (χ3v) is 5.08. The number of aromatic nitrogens is 1. The summed E-state index contributed by atoms with van der Waals surface area (Å²) in [7, 11) is 0. The van der Waals surface area contributed by atoms with Crippen LogP contribution in [-0.4, -0.2) is 10.5 Å². The Kier molecular flexibility index (Phi) is 4.62. The number of carbonyl (C=O) groups is 1. The molecule has 1 amide bonds. The van der Waals surface area contributed by atoms with E-state index >= 15 is 0 Å². The summed E-state index contributed by atoms with van der Waals surface area (Å²) in [4.78, 5) is 17.4. The molecule has 3 rings (SSSR count). The Hall–Kier alpha value is -2.27. The van der Waals surface area contributed by atoms with Gasteiger partial charge in [0.15, 0.2) is 4.80 Å². The highest BCUT2D eigenvalue weighted by Crippen LogP contribution is 2.23. The van der Waals surface area contributed by atoms with Crippen LogP contribution in [0.5, 0.6) is 0 Å². The van der Waals surface area contributed by atoms with E-state index in [0.29, 0.717) is 10.4 Å². The highest BCUT2D eigenvalue weighted by molar-refractivity contribution is 7.16. The summed E-state index contributed by atoms with van der Waals surface area (Å²) in [5.41, 5.74) is 3.89. The van der Waals surface area contributed by atoms with Gasteiger partial charge in [-0.1, -0.05) is 24.3 Å². The zero-order chi connectivity index (χ0) is 17.3. The number of hydrogen-bond acceptors (Lipinski definition) is 2. The largest absolute Gasteiger partial charge is 0.316 e. The van der Waals surface area contributed by atoms with Gasteiger partial charge in [-0.2, -0.15) is 4.99 Å². The zero-order valence-corrected chi connectivity index (χ0v) is 14.8. The summed E-state index contributed by atoms with van der Waals surface area (Å²) < 4.78 is 16.3. The summed E-state index contributed by atoms with van der Waals surface area (Å²) in [5, 5.41) is 0. The molecule has 2 aromatic carbocycles. The first-order chi connectivity index (χ1) is 11.5. The Labute approximate surface area is 144 Å². The van der Waals surface area contributed by atoms with Gasteiger partial charge in [0.1, 0.15) is 5.82 Å². The van der Waals surface area contributed by atoms with Gasteiger partial charge in [-0.25, -0.2) is 4.39 Å². The maximum atomic E-state index is 13.0. The highest BCUT2D eigenvalue weighted by atomic mass is 32.1. The van der Waals surface area contributed by atoms with E-state index in [1.165, 1.54) is 46.7 Å². The average Bonchev–Trinajstić information content (AvgIpc) is 2.87. The van der Waals surface area contributed by atoms with E-state index in [-0.39, 0.29) is 11.7 Å². The Morgan fingerprint density at radius 2 is 1.92 bits per heavy atom. The van der Waals surface area contributed by atoms with E-state index in [9.17, 15) is 9.18 Å². The van der Waals surface area contributed by atoms with Gasteiger partial charge in [0.2, 0.25) is 0 Å². The number of amides is 1. The van der Waals surface area contributed by atoms with Gasteiger partial charge in [-0.3, -0.25) is 4.79 Å². The maximum absolute atomic E-state index is 13.0. The van der Waals surface area contributed by atoms with Crippen molar-refractivity contribution >= 4 is 27.5 Å². The van der Waals surface area contributed by atoms with Crippen LogP contribution in [0.25, 0.3) is 10.2 Å². The van der Waals surface area contributed by atoms with Crippen LogP contribution in [0.3, 0.4) is 0 Å². The molecule has 0 aliphatic rings. The number of rotatable bonds is 3. The summed E-state index contributed by atoms with van der Waals surface area (Å²) >= 11 is 1.53. The summed E-state index contributed by atoms with van der Waals surface area (Å²) in [6.07, 6.45) is 0.955. The second kappa shape index (κ2) is 6.69. The fraction of sp³-hybridized carbons (Fsp3) is 0.263. The fourth-order valence-electron chi connectivity index (χ4n) is 2.78. The van der Waals surface area contributed by atoms with Gasteiger partial charge in [0.05, 0.1) is 10.2 Å². The van der Waals surface area contributed by atoms with Crippen molar-refractivity contribution in [3.05, 3.63) is 63.7 Å². The maximum Gasteiger partial charge on any atom is 0.279 e. The third-order valence-electron chi connectivity index (χ3n) is 3.85. The predicted octanol–water partition coefficient (Wildman–Crippen LogP) is 4.61. The lowest BCUT2D eigenvalue weighted by Gasteiger charge is -2.04. The molecule has 3 nitrogen and oxygen atoms in total. The third kappa shape index (κ3) is 3.17. The Balaban J connectivity index is 2.17. The van der Waals surface area contributed by atoms with Crippen LogP contribution in [0.1, 0.15) is 34.8 Å². The molecule has 1 heterocycles. The van der Waals surface area contributed by atoms with E-state index in [4.69, 9.17) is 0 Å². The number of aryl methyl sites for hydroxylation is 3. The molecule has 0 saturated carbocycles. The number of halogens is 1. The number of hydrogen-bond donors (Lipinski definition) is 0. The molecular formula is C19H19FN2OS. The Morgan fingerprint density at radius 3 is 2.58 bits per heavy atom. The van der Waals surface area contributed by atoms with Gasteiger partial charge < -0.3 is 4.57 Å². The SMILES string of the molecule is CCCn1c(=NC(=O)c2ccc(F)cc2)sc2c(C)cc(C)cc21. The average molecular weight is 342 g/mol. The van der Waals surface area contributed by atoms with Crippen LogP contribution < -0.4 is 4.80 Å². The van der Waals surface area contributed by atoms with Crippen molar-refractivity contribution in [3.8, 4) is 0 Å². The summed E-state index contributed by atoms with van der Waals surface area (Å²) in [6.45, 7) is 7.05. The predicted molar refractivity (Wildman–Crippen MR) is 95.9 cm³/mol. The second-order valence-electron chi connectivity index (χ2n) is 5.89. The highest BCUT2D eigenvalue weighted by Gasteiger charge is 2.11. The Bertz CT molecular complexity index is 967. The van der Waals surface area contributed by atoms with Crippen LogP contribution >= 0.6 is 11.3 Å². The minimum Gasteiger partial charge on any atom is -0.316 e. The minimum atomic E-state index is -0.361. The van der Waals surface area contributed by atoms with Crippen LogP contribution in [0, 0.1) is 19.7 Å². The van der Waals surface area contributed by atoms with Crippen molar-refractivity contribution in [2.24, 2.45) is 4.99 Å². The van der Waals surface area contributed by atoms with Crippen LogP contribution in [0.15, 0.2) is 41.4 Å². The first-order valence-corrected chi connectivity index (χ1v) is 8.76. The topological polar surface area (TPSA) is 34.4 Å². The molecule has 0 atom stereocenters. The van der Waals surface area contributed by atoms with Crippen molar-refractivity contribution in [2.75, 3.05) is 0 Å². The van der Waals surface area contributed by atoms with E-state index in [1.807, 2.05) is 0 Å². The molecular weight excluding hydrogens is 323 g/mol. The molecule has 124 valence electrons. The first kappa shape index (κ1) is 16.6. The molecule has 0 fully saturated rings. The summed E-state index contributed by atoms with van der Waals surface area (Å²) in [6, 6.07) is 9.77. The molecule has 0 unspecified atom stereocenters. The first-order valence-electron chi connectivity index (χ1n) is 7.95. The van der Waals surface area contributed by atoms with Crippen molar-refractivity contribution in [2.45, 2.75) is 33.7 Å². The molecule has 24 heavy (non-hydrogen) atoms. The fourth-order valence-corrected chi connectivity index (χ4v) is 3.89. The molecule has 3 aromatic rings. The van der Waals surface area contributed by atoms with Gasteiger partial charge in [-0.05, 0) is 61.7 Å². The lowest BCUT2D eigenvalue weighted by molar-refractivity contribution is 0.0998. The molecule has 0 aliphatic heterocycles. The Morgan fingerprint density at radius 1 is 1.21 bits per heavy atom. The number of benzene rings is 2. The van der Waals surface area contributed by atoms with E-state index in [0.717, 1.165) is 23.2 Å². The van der Waals surface area contributed by atoms with Crippen molar-refractivity contribution in [1.29, 1.82) is 0 Å². The quantitative estimate of drug-likeness (QED) is 0.684. The van der Waals surface area contributed by atoms with Gasteiger partial charge in [-0.15, -0.1) is 0 Å². The van der Waals surface area contributed by atoms with Crippen molar-refractivity contribution in [1.82, 2.24) is 4.57 Å². The van der Waals surface area contributed by atoms with Gasteiger partial charge in [0.25, 0.3) is 5.91 Å². The number of fused-ring (bicyclic) bond motifs is 1.